The van der Waals surface area contributed by atoms with Gasteiger partial charge in [0.1, 0.15) is 17.3 Å². The van der Waals surface area contributed by atoms with Crippen LogP contribution in [-0.2, 0) is 26.0 Å². The summed E-state index contributed by atoms with van der Waals surface area (Å²) in [5, 5.41) is 0. The fourth-order valence-corrected chi connectivity index (χ4v) is 5.57. The van der Waals surface area contributed by atoms with Crippen LogP contribution >= 0.6 is 11.3 Å². The highest BCUT2D eigenvalue weighted by molar-refractivity contribution is 7.92. The van der Waals surface area contributed by atoms with E-state index >= 15 is 0 Å². The third-order valence-corrected chi connectivity index (χ3v) is 7.06. The summed E-state index contributed by atoms with van der Waals surface area (Å²) in [6.07, 6.45) is 1.77. The van der Waals surface area contributed by atoms with Crippen molar-refractivity contribution in [3.8, 4) is 5.75 Å². The highest BCUT2D eigenvalue weighted by Gasteiger charge is 2.26. The van der Waals surface area contributed by atoms with Gasteiger partial charge >= 0.3 is 0 Å². The Morgan fingerprint density at radius 2 is 1.90 bits per heavy atom. The molecule has 1 aliphatic rings. The fraction of sp³-hybridized carbons (Fsp3) is 0.526. The summed E-state index contributed by atoms with van der Waals surface area (Å²) >= 11 is 1.30. The van der Waals surface area contributed by atoms with Crippen LogP contribution in [0.1, 0.15) is 26.7 Å². The lowest BCUT2D eigenvalue weighted by Crippen LogP contribution is -2.35. The summed E-state index contributed by atoms with van der Waals surface area (Å²) in [5.41, 5.74) is 0.902. The highest BCUT2D eigenvalue weighted by atomic mass is 32.2. The number of rotatable bonds is 7. The quantitative estimate of drug-likeness (QED) is 0.652. The standard InChI is InChI=1S/C19H25N3O5S2/c1-3-22-15-8-7-14(27-4-2)11-16(15)28-19(22)20-17(23)12-29(25,26)13-18(24)21-9-5-6-10-21/h7-8,11H,3-6,9-10,12-13H2,1-2H3. The number of nitrogens with zero attached hydrogens (tertiary/aromatic N) is 3. The van der Waals surface area contributed by atoms with E-state index < -0.39 is 33.2 Å². The first kappa shape index (κ1) is 21.5. The highest BCUT2D eigenvalue weighted by Crippen LogP contribution is 2.23. The van der Waals surface area contributed by atoms with Crippen LogP contribution < -0.4 is 9.54 Å². The van der Waals surface area contributed by atoms with Crippen molar-refractivity contribution < 1.29 is 22.7 Å². The van der Waals surface area contributed by atoms with E-state index in [1.165, 1.54) is 16.2 Å². The Morgan fingerprint density at radius 1 is 1.17 bits per heavy atom. The first-order valence-electron chi connectivity index (χ1n) is 9.65. The Hall–Kier alpha value is -2.20. The van der Waals surface area contributed by atoms with E-state index in [4.69, 9.17) is 4.74 Å². The van der Waals surface area contributed by atoms with Crippen molar-refractivity contribution in [2.24, 2.45) is 4.99 Å². The average Bonchev–Trinajstić information content (AvgIpc) is 3.28. The molecule has 1 aromatic heterocycles. The Labute approximate surface area is 173 Å². The number of aryl methyl sites for hydroxylation is 1. The lowest BCUT2D eigenvalue weighted by Gasteiger charge is -2.14. The maximum atomic E-state index is 12.3. The molecule has 1 aliphatic heterocycles. The summed E-state index contributed by atoms with van der Waals surface area (Å²) in [4.78, 5) is 30.4. The molecule has 0 unspecified atom stereocenters. The number of amides is 2. The number of thiazole rings is 1. The molecule has 158 valence electrons. The number of benzene rings is 1. The van der Waals surface area contributed by atoms with Crippen molar-refractivity contribution in [1.82, 2.24) is 9.47 Å². The largest absolute Gasteiger partial charge is 0.494 e. The van der Waals surface area contributed by atoms with Gasteiger partial charge in [0.05, 0.1) is 16.8 Å². The normalized spacial score (nSPS) is 15.2. The van der Waals surface area contributed by atoms with Crippen LogP contribution in [0.5, 0.6) is 5.75 Å². The number of likely N-dealkylation sites (tertiary alicyclic amines) is 1. The van der Waals surface area contributed by atoms with Gasteiger partial charge < -0.3 is 14.2 Å². The van der Waals surface area contributed by atoms with E-state index in [-0.39, 0.29) is 0 Å². The number of carbonyl (C=O) groups excluding carboxylic acids is 2. The van der Waals surface area contributed by atoms with Gasteiger partial charge in [-0.1, -0.05) is 11.3 Å². The predicted molar refractivity (Wildman–Crippen MR) is 112 cm³/mol. The maximum absolute atomic E-state index is 12.3. The summed E-state index contributed by atoms with van der Waals surface area (Å²) in [7, 11) is -3.86. The van der Waals surface area contributed by atoms with Crippen LogP contribution in [0.15, 0.2) is 23.2 Å². The zero-order valence-corrected chi connectivity index (χ0v) is 18.2. The Kier molecular flexibility index (Phi) is 6.74. The summed E-state index contributed by atoms with van der Waals surface area (Å²) in [6, 6.07) is 5.63. The molecular formula is C19H25N3O5S2. The van der Waals surface area contributed by atoms with Crippen molar-refractivity contribution in [1.29, 1.82) is 0 Å². The van der Waals surface area contributed by atoms with Crippen LogP contribution in [0.2, 0.25) is 0 Å². The maximum Gasteiger partial charge on any atom is 0.263 e. The molecule has 2 aromatic rings. The van der Waals surface area contributed by atoms with Gasteiger partial charge in [0, 0.05) is 19.6 Å². The molecule has 8 nitrogen and oxygen atoms in total. The van der Waals surface area contributed by atoms with Gasteiger partial charge in [0.2, 0.25) is 5.91 Å². The molecule has 29 heavy (non-hydrogen) atoms. The molecule has 3 rings (SSSR count). The zero-order valence-electron chi connectivity index (χ0n) is 16.6. The number of hydrogen-bond acceptors (Lipinski definition) is 6. The summed E-state index contributed by atoms with van der Waals surface area (Å²) in [6.45, 7) is 6.12. The van der Waals surface area contributed by atoms with Gasteiger partial charge in [-0.25, -0.2) is 8.42 Å². The molecule has 0 aliphatic carbocycles. The monoisotopic (exact) mass is 439 g/mol. The van der Waals surface area contributed by atoms with E-state index in [0.717, 1.165) is 28.8 Å². The number of carbonyl (C=O) groups is 2. The molecule has 2 heterocycles. The average molecular weight is 440 g/mol. The van der Waals surface area contributed by atoms with E-state index in [1.54, 1.807) is 0 Å². The zero-order chi connectivity index (χ0) is 21.0. The first-order chi connectivity index (χ1) is 13.8. The number of ether oxygens (including phenoxy) is 1. The minimum atomic E-state index is -3.86. The van der Waals surface area contributed by atoms with Crippen molar-refractivity contribution >= 4 is 43.2 Å². The van der Waals surface area contributed by atoms with Crippen molar-refractivity contribution in [3.05, 3.63) is 23.0 Å². The van der Waals surface area contributed by atoms with Gasteiger partial charge in [-0.05, 0) is 44.9 Å². The second kappa shape index (κ2) is 9.08. The molecule has 0 radical (unpaired) electrons. The molecule has 1 saturated heterocycles. The molecule has 1 fully saturated rings. The van der Waals surface area contributed by atoms with Gasteiger partial charge in [0.25, 0.3) is 5.91 Å². The number of aromatic nitrogens is 1. The third-order valence-electron chi connectivity index (χ3n) is 4.65. The topological polar surface area (TPSA) is 98.0 Å². The van der Waals surface area contributed by atoms with Crippen LogP contribution in [0.4, 0.5) is 0 Å². The minimum absolute atomic E-state index is 0.433. The van der Waals surface area contributed by atoms with Gasteiger partial charge in [-0.15, -0.1) is 0 Å². The molecule has 0 saturated carbocycles. The second-order valence-corrected chi connectivity index (χ2v) is 9.89. The predicted octanol–water partition coefficient (Wildman–Crippen LogP) is 1.59. The van der Waals surface area contributed by atoms with Gasteiger partial charge in [-0.2, -0.15) is 4.99 Å². The Bertz CT molecular complexity index is 1080. The molecule has 0 atom stereocenters. The van der Waals surface area contributed by atoms with E-state index in [1.807, 2.05) is 36.6 Å². The fourth-order valence-electron chi connectivity index (χ4n) is 3.32. The number of hydrogen-bond donors (Lipinski definition) is 0. The molecule has 0 N–H and O–H groups in total. The van der Waals surface area contributed by atoms with E-state index in [0.29, 0.717) is 31.0 Å². The second-order valence-electron chi connectivity index (χ2n) is 6.82. The van der Waals surface area contributed by atoms with Crippen molar-refractivity contribution in [2.75, 3.05) is 31.2 Å². The van der Waals surface area contributed by atoms with Crippen molar-refractivity contribution in [2.45, 2.75) is 33.2 Å². The molecule has 0 spiro atoms. The van der Waals surface area contributed by atoms with Crippen LogP contribution in [-0.4, -0.2) is 60.9 Å². The third kappa shape index (κ3) is 5.24. The molecular weight excluding hydrogens is 414 g/mol. The molecule has 10 heteroatoms. The van der Waals surface area contributed by atoms with Gasteiger partial charge in [-0.3, -0.25) is 9.59 Å². The minimum Gasteiger partial charge on any atom is -0.494 e. The SMILES string of the molecule is CCOc1ccc2c(c1)sc(=NC(=O)CS(=O)(=O)CC(=O)N1CCCC1)n2CC. The lowest BCUT2D eigenvalue weighted by molar-refractivity contribution is -0.127. The number of fused-ring (bicyclic) bond motifs is 1. The molecule has 1 aromatic carbocycles. The van der Waals surface area contributed by atoms with Crippen LogP contribution in [0, 0.1) is 0 Å². The number of sulfone groups is 1. The first-order valence-corrected chi connectivity index (χ1v) is 12.3. The summed E-state index contributed by atoms with van der Waals surface area (Å²) < 4.78 is 32.9. The van der Waals surface area contributed by atoms with Gasteiger partial charge in [0.15, 0.2) is 14.6 Å². The van der Waals surface area contributed by atoms with Crippen LogP contribution in [0.25, 0.3) is 10.2 Å². The molecule has 0 bridgehead atoms. The van der Waals surface area contributed by atoms with E-state index in [9.17, 15) is 18.0 Å². The lowest BCUT2D eigenvalue weighted by atomic mass is 10.3. The van der Waals surface area contributed by atoms with Crippen LogP contribution in [0.3, 0.4) is 0 Å². The van der Waals surface area contributed by atoms with E-state index in [2.05, 4.69) is 4.99 Å². The summed E-state index contributed by atoms with van der Waals surface area (Å²) in [5.74, 6) is -1.89. The molecule has 2 amide bonds. The van der Waals surface area contributed by atoms with Crippen molar-refractivity contribution in [3.63, 3.8) is 0 Å². The Morgan fingerprint density at radius 3 is 2.55 bits per heavy atom. The smallest absolute Gasteiger partial charge is 0.263 e. The Balaban J connectivity index is 1.80.